The van der Waals surface area contributed by atoms with Crippen LogP contribution in [0.3, 0.4) is 0 Å². The number of pyridine rings is 1. The maximum Gasteiger partial charge on any atom is 0.328 e. The summed E-state index contributed by atoms with van der Waals surface area (Å²) in [5, 5.41) is 22.4. The molecule has 2 aromatic rings. The van der Waals surface area contributed by atoms with Crippen molar-refractivity contribution in [1.82, 2.24) is 4.98 Å². The van der Waals surface area contributed by atoms with Crippen LogP contribution in [-0.4, -0.2) is 9.91 Å². The molecule has 0 spiro atoms. The van der Waals surface area contributed by atoms with Crippen molar-refractivity contribution in [3.05, 3.63) is 63.3 Å². The third kappa shape index (κ3) is 3.09. The average molecular weight is 290 g/mol. The Morgan fingerprint density at radius 3 is 2.76 bits per heavy atom. The Morgan fingerprint density at radius 2 is 2.14 bits per heavy atom. The van der Waals surface area contributed by atoms with Crippen molar-refractivity contribution in [2.75, 3.05) is 5.32 Å². The summed E-state index contributed by atoms with van der Waals surface area (Å²) in [6, 6.07) is 5.91. The Balaban J connectivity index is 2.28. The molecule has 0 atom stereocenters. The quantitative estimate of drug-likeness (QED) is 0.690. The summed E-state index contributed by atoms with van der Waals surface area (Å²) in [5.74, 6) is -1.64. The highest BCUT2D eigenvalue weighted by molar-refractivity contribution is 5.64. The smallest absolute Gasteiger partial charge is 0.328 e. The molecular weight excluding hydrogens is 282 g/mol. The lowest BCUT2D eigenvalue weighted by Gasteiger charge is -2.07. The molecule has 0 aliphatic heterocycles. The van der Waals surface area contributed by atoms with Crippen LogP contribution >= 0.6 is 0 Å². The van der Waals surface area contributed by atoms with Crippen LogP contribution in [-0.2, 0) is 6.54 Å². The Morgan fingerprint density at radius 1 is 1.38 bits per heavy atom. The second kappa shape index (κ2) is 5.92. The van der Waals surface area contributed by atoms with Crippen molar-refractivity contribution in [2.24, 2.45) is 0 Å². The lowest BCUT2D eigenvalue weighted by molar-refractivity contribution is -0.384. The number of halogens is 2. The molecular formula is C13H8F2N4O2. The largest absolute Gasteiger partial charge is 0.360 e. The van der Waals surface area contributed by atoms with Gasteiger partial charge in [-0.15, -0.1) is 0 Å². The van der Waals surface area contributed by atoms with Crippen LogP contribution in [0.5, 0.6) is 0 Å². The Bertz CT molecular complexity index is 743. The van der Waals surface area contributed by atoms with E-state index >= 15 is 0 Å². The van der Waals surface area contributed by atoms with Crippen molar-refractivity contribution in [1.29, 1.82) is 5.26 Å². The predicted octanol–water partition coefficient (Wildman–Crippen LogP) is 2.75. The zero-order valence-electron chi connectivity index (χ0n) is 10.5. The molecule has 1 aromatic heterocycles. The number of nitrogens with one attached hydrogen (secondary N) is 1. The maximum absolute atomic E-state index is 13.5. The lowest BCUT2D eigenvalue weighted by atomic mass is 10.2. The minimum absolute atomic E-state index is 0.120. The van der Waals surface area contributed by atoms with Gasteiger partial charge in [-0.1, -0.05) is 6.07 Å². The SMILES string of the molecule is N#Cc1ccnc(NCc2ccc(F)cc2F)c1[N+](=O)[O-]. The van der Waals surface area contributed by atoms with Crippen LogP contribution in [0.4, 0.5) is 20.3 Å². The average Bonchev–Trinajstić information content (AvgIpc) is 2.45. The third-order valence-corrected chi connectivity index (χ3v) is 2.69. The summed E-state index contributed by atoms with van der Waals surface area (Å²) in [5.41, 5.74) is -0.519. The van der Waals surface area contributed by atoms with Gasteiger partial charge in [0, 0.05) is 24.4 Å². The van der Waals surface area contributed by atoms with E-state index in [4.69, 9.17) is 5.26 Å². The number of aromatic nitrogens is 1. The summed E-state index contributed by atoms with van der Waals surface area (Å²) in [4.78, 5) is 14.0. The van der Waals surface area contributed by atoms with Gasteiger partial charge in [0.2, 0.25) is 5.82 Å². The lowest BCUT2D eigenvalue weighted by Crippen LogP contribution is -2.07. The molecule has 0 fully saturated rings. The highest BCUT2D eigenvalue weighted by Crippen LogP contribution is 2.26. The van der Waals surface area contributed by atoms with Gasteiger partial charge in [0.1, 0.15) is 23.3 Å². The van der Waals surface area contributed by atoms with E-state index in [0.29, 0.717) is 6.07 Å². The van der Waals surface area contributed by atoms with Gasteiger partial charge in [-0.25, -0.2) is 13.8 Å². The number of nitro groups is 1. The molecule has 0 aliphatic rings. The molecule has 2 rings (SSSR count). The minimum atomic E-state index is -0.776. The van der Waals surface area contributed by atoms with Crippen molar-refractivity contribution in [3.63, 3.8) is 0 Å². The van der Waals surface area contributed by atoms with E-state index in [1.165, 1.54) is 18.3 Å². The summed E-state index contributed by atoms with van der Waals surface area (Å²) < 4.78 is 26.3. The van der Waals surface area contributed by atoms with E-state index < -0.39 is 22.2 Å². The number of nitriles is 1. The van der Waals surface area contributed by atoms with Gasteiger partial charge in [0.05, 0.1) is 4.92 Å². The van der Waals surface area contributed by atoms with Gasteiger partial charge >= 0.3 is 5.69 Å². The molecule has 6 nitrogen and oxygen atoms in total. The fourth-order valence-corrected chi connectivity index (χ4v) is 1.70. The zero-order chi connectivity index (χ0) is 15.4. The number of hydrogen-bond donors (Lipinski definition) is 1. The monoisotopic (exact) mass is 290 g/mol. The molecule has 0 bridgehead atoms. The first-order chi connectivity index (χ1) is 10.0. The maximum atomic E-state index is 13.5. The summed E-state index contributed by atoms with van der Waals surface area (Å²) >= 11 is 0. The van der Waals surface area contributed by atoms with Crippen molar-refractivity contribution >= 4 is 11.5 Å². The highest BCUT2D eigenvalue weighted by atomic mass is 19.1. The van der Waals surface area contributed by atoms with Gasteiger partial charge in [-0.3, -0.25) is 10.1 Å². The van der Waals surface area contributed by atoms with E-state index in [1.807, 2.05) is 0 Å². The van der Waals surface area contributed by atoms with E-state index in [1.54, 1.807) is 6.07 Å². The van der Waals surface area contributed by atoms with Crippen LogP contribution in [0, 0.1) is 33.1 Å². The van der Waals surface area contributed by atoms with Crippen LogP contribution in [0.15, 0.2) is 30.5 Å². The Labute approximate surface area is 117 Å². The van der Waals surface area contributed by atoms with Gasteiger partial charge in [-0.05, 0) is 12.1 Å². The molecule has 0 aliphatic carbocycles. The Kier molecular flexibility index (Phi) is 4.04. The summed E-state index contributed by atoms with van der Waals surface area (Å²) in [6.45, 7) is -0.130. The third-order valence-electron chi connectivity index (χ3n) is 2.69. The van der Waals surface area contributed by atoms with Gasteiger partial charge in [0.25, 0.3) is 0 Å². The Hall–Kier alpha value is -3.08. The minimum Gasteiger partial charge on any atom is -0.360 e. The fraction of sp³-hybridized carbons (Fsp3) is 0.0769. The standard InChI is InChI=1S/C13H8F2N4O2/c14-10-2-1-9(11(15)5-10)7-18-13-12(19(20)21)8(6-16)3-4-17-13/h1-5H,7H2,(H,17,18). The van der Waals surface area contributed by atoms with Gasteiger partial charge in [0.15, 0.2) is 0 Å². The second-order valence-electron chi connectivity index (χ2n) is 4.01. The number of hydrogen-bond acceptors (Lipinski definition) is 5. The molecule has 1 aromatic carbocycles. The molecule has 1 N–H and O–H groups in total. The van der Waals surface area contributed by atoms with Crippen LogP contribution in [0.1, 0.15) is 11.1 Å². The molecule has 0 amide bonds. The first-order valence-corrected chi connectivity index (χ1v) is 5.74. The molecule has 0 unspecified atom stereocenters. The first-order valence-electron chi connectivity index (χ1n) is 5.74. The van der Waals surface area contributed by atoms with Gasteiger partial charge in [-0.2, -0.15) is 5.26 Å². The number of nitrogens with zero attached hydrogens (tertiary/aromatic N) is 3. The van der Waals surface area contributed by atoms with Crippen LogP contribution < -0.4 is 5.32 Å². The highest BCUT2D eigenvalue weighted by Gasteiger charge is 2.21. The van der Waals surface area contributed by atoms with Crippen LogP contribution in [0.25, 0.3) is 0 Å². The fourth-order valence-electron chi connectivity index (χ4n) is 1.70. The van der Waals surface area contributed by atoms with E-state index in [0.717, 1.165) is 6.07 Å². The van der Waals surface area contributed by atoms with Crippen molar-refractivity contribution in [2.45, 2.75) is 6.54 Å². The topological polar surface area (TPSA) is 91.8 Å². The first kappa shape index (κ1) is 14.3. The van der Waals surface area contributed by atoms with E-state index in [-0.39, 0.29) is 23.5 Å². The summed E-state index contributed by atoms with van der Waals surface area (Å²) in [6.07, 6.45) is 1.23. The molecule has 0 saturated heterocycles. The normalized spacial score (nSPS) is 9.95. The van der Waals surface area contributed by atoms with Crippen molar-refractivity contribution < 1.29 is 13.7 Å². The molecule has 8 heteroatoms. The van der Waals surface area contributed by atoms with E-state index in [2.05, 4.69) is 10.3 Å². The van der Waals surface area contributed by atoms with Crippen LogP contribution in [0.2, 0.25) is 0 Å². The molecule has 1 heterocycles. The van der Waals surface area contributed by atoms with E-state index in [9.17, 15) is 18.9 Å². The summed E-state index contributed by atoms with van der Waals surface area (Å²) in [7, 11) is 0. The predicted molar refractivity (Wildman–Crippen MR) is 69.3 cm³/mol. The second-order valence-corrected chi connectivity index (χ2v) is 4.01. The number of anilines is 1. The van der Waals surface area contributed by atoms with Crippen molar-refractivity contribution in [3.8, 4) is 6.07 Å². The molecule has 106 valence electrons. The zero-order valence-corrected chi connectivity index (χ0v) is 10.5. The van der Waals surface area contributed by atoms with Gasteiger partial charge < -0.3 is 5.32 Å². The number of rotatable bonds is 4. The molecule has 0 radical (unpaired) electrons. The molecule has 21 heavy (non-hydrogen) atoms. The number of benzene rings is 1. The molecule has 0 saturated carbocycles.